The zero-order valence-corrected chi connectivity index (χ0v) is 17.3. The monoisotopic (exact) mass is 385 g/mol. The number of hydrogen-bond acceptors (Lipinski definition) is 4. The second-order valence-corrected chi connectivity index (χ2v) is 7.82. The Kier molecular flexibility index (Phi) is 6.39. The predicted octanol–water partition coefficient (Wildman–Crippen LogP) is 3.35. The molecular weight excluding hydrogens is 354 g/mol. The van der Waals surface area contributed by atoms with Crippen molar-refractivity contribution >= 4 is 12.0 Å². The lowest BCUT2D eigenvalue weighted by molar-refractivity contribution is -0.139. The van der Waals surface area contributed by atoms with E-state index in [1.54, 1.807) is 6.92 Å². The number of aryl methyl sites for hydroxylation is 2. The molecule has 2 amide bonds. The fourth-order valence-corrected chi connectivity index (χ4v) is 4.09. The van der Waals surface area contributed by atoms with Gasteiger partial charge >= 0.3 is 12.0 Å². The highest BCUT2D eigenvalue weighted by Gasteiger charge is 2.35. The maximum Gasteiger partial charge on any atom is 0.338 e. The number of urea groups is 1. The number of benzene rings is 1. The first-order valence-corrected chi connectivity index (χ1v) is 10.2. The van der Waals surface area contributed by atoms with Crippen LogP contribution in [-0.2, 0) is 9.53 Å². The number of carbonyl (C=O) groups excluding carboxylic acids is 2. The summed E-state index contributed by atoms with van der Waals surface area (Å²) in [6.45, 7) is 9.82. The molecule has 3 rings (SSSR count). The Bertz CT molecular complexity index is 787. The van der Waals surface area contributed by atoms with Crippen molar-refractivity contribution in [2.24, 2.45) is 0 Å². The molecule has 6 nitrogen and oxygen atoms in total. The molecule has 1 aromatic carbocycles. The van der Waals surface area contributed by atoms with Crippen LogP contribution in [0.3, 0.4) is 0 Å². The molecule has 6 heteroatoms. The molecule has 0 spiro atoms. The predicted molar refractivity (Wildman–Crippen MR) is 109 cm³/mol. The Hall–Kier alpha value is -2.34. The standard InChI is InChI=1S/C22H31N3O3/c1-5-28-21(26)19-18(13-25-11-7-6-8-16(25)4)23-22(27)24-20(19)17-12-14(2)9-10-15(17)3/h9-10,12,16,20H,5-8,11,13H2,1-4H3,(H2,23,24,27)/t16-,20-/m0/s1. The van der Waals surface area contributed by atoms with E-state index in [-0.39, 0.29) is 12.0 Å². The molecule has 0 saturated carbocycles. The summed E-state index contributed by atoms with van der Waals surface area (Å²) >= 11 is 0. The maximum absolute atomic E-state index is 12.9. The molecule has 0 radical (unpaired) electrons. The minimum Gasteiger partial charge on any atom is -0.463 e. The summed E-state index contributed by atoms with van der Waals surface area (Å²) in [4.78, 5) is 27.7. The van der Waals surface area contributed by atoms with Crippen molar-refractivity contribution in [1.29, 1.82) is 0 Å². The highest BCUT2D eigenvalue weighted by Crippen LogP contribution is 2.31. The molecule has 1 fully saturated rings. The first-order chi connectivity index (χ1) is 13.4. The van der Waals surface area contributed by atoms with Crippen LogP contribution in [0.25, 0.3) is 0 Å². The Balaban J connectivity index is 2.05. The lowest BCUT2D eigenvalue weighted by Gasteiger charge is -2.37. The van der Waals surface area contributed by atoms with E-state index in [1.165, 1.54) is 6.42 Å². The second kappa shape index (κ2) is 8.78. The lowest BCUT2D eigenvalue weighted by atomic mass is 9.90. The topological polar surface area (TPSA) is 70.7 Å². The number of ether oxygens (including phenoxy) is 1. The van der Waals surface area contributed by atoms with Gasteiger partial charge in [0.05, 0.1) is 18.2 Å². The highest BCUT2D eigenvalue weighted by atomic mass is 16.5. The fourth-order valence-electron chi connectivity index (χ4n) is 4.09. The Morgan fingerprint density at radius 2 is 2.07 bits per heavy atom. The number of piperidine rings is 1. The first-order valence-electron chi connectivity index (χ1n) is 10.2. The van der Waals surface area contributed by atoms with E-state index in [0.717, 1.165) is 36.1 Å². The summed E-state index contributed by atoms with van der Waals surface area (Å²) in [6.07, 6.45) is 3.49. The van der Waals surface area contributed by atoms with Gasteiger partial charge in [-0.1, -0.05) is 30.2 Å². The van der Waals surface area contributed by atoms with Crippen LogP contribution in [-0.4, -0.2) is 42.6 Å². The summed E-state index contributed by atoms with van der Waals surface area (Å²) in [5, 5.41) is 5.84. The number of esters is 1. The van der Waals surface area contributed by atoms with Gasteiger partial charge < -0.3 is 15.4 Å². The summed E-state index contributed by atoms with van der Waals surface area (Å²) < 4.78 is 5.38. The van der Waals surface area contributed by atoms with Crippen molar-refractivity contribution < 1.29 is 14.3 Å². The van der Waals surface area contributed by atoms with Crippen LogP contribution in [0, 0.1) is 13.8 Å². The minimum absolute atomic E-state index is 0.279. The van der Waals surface area contributed by atoms with Crippen LogP contribution in [0.15, 0.2) is 29.5 Å². The molecule has 2 heterocycles. The number of nitrogens with one attached hydrogen (secondary N) is 2. The third-order valence-corrected chi connectivity index (χ3v) is 5.70. The third-order valence-electron chi connectivity index (χ3n) is 5.70. The third kappa shape index (κ3) is 4.38. The Morgan fingerprint density at radius 3 is 2.79 bits per heavy atom. The molecule has 0 bridgehead atoms. The molecule has 1 saturated heterocycles. The van der Waals surface area contributed by atoms with E-state index in [9.17, 15) is 9.59 Å². The van der Waals surface area contributed by atoms with Gasteiger partial charge in [-0.05, 0) is 58.2 Å². The van der Waals surface area contributed by atoms with Crippen LogP contribution >= 0.6 is 0 Å². The highest BCUT2D eigenvalue weighted by molar-refractivity contribution is 5.95. The molecule has 0 aliphatic carbocycles. The molecule has 0 aromatic heterocycles. The van der Waals surface area contributed by atoms with Gasteiger partial charge in [-0.25, -0.2) is 9.59 Å². The molecule has 2 aliphatic rings. The number of carbonyl (C=O) groups is 2. The van der Waals surface area contributed by atoms with E-state index in [0.29, 0.717) is 30.5 Å². The van der Waals surface area contributed by atoms with Gasteiger partial charge in [0.25, 0.3) is 0 Å². The van der Waals surface area contributed by atoms with Gasteiger partial charge in [0.2, 0.25) is 0 Å². The average molecular weight is 386 g/mol. The molecule has 2 aliphatic heterocycles. The van der Waals surface area contributed by atoms with Gasteiger partial charge in [0.1, 0.15) is 0 Å². The van der Waals surface area contributed by atoms with Crippen molar-refractivity contribution in [2.75, 3.05) is 19.7 Å². The van der Waals surface area contributed by atoms with Gasteiger partial charge in [0, 0.05) is 18.3 Å². The maximum atomic E-state index is 12.9. The van der Waals surface area contributed by atoms with Crippen LogP contribution < -0.4 is 10.6 Å². The SMILES string of the molecule is CCOC(=O)C1=C(CN2CCCC[C@@H]2C)NC(=O)N[C@H]1c1cc(C)ccc1C. The quantitative estimate of drug-likeness (QED) is 0.763. The summed E-state index contributed by atoms with van der Waals surface area (Å²) in [5.41, 5.74) is 4.21. The van der Waals surface area contributed by atoms with Gasteiger partial charge in [0.15, 0.2) is 0 Å². The van der Waals surface area contributed by atoms with Gasteiger partial charge in [-0.15, -0.1) is 0 Å². The Morgan fingerprint density at radius 1 is 1.29 bits per heavy atom. The average Bonchev–Trinajstić information content (AvgIpc) is 2.65. The smallest absolute Gasteiger partial charge is 0.338 e. The zero-order valence-electron chi connectivity index (χ0n) is 17.3. The molecular formula is C22H31N3O3. The first kappa shape index (κ1) is 20.4. The van der Waals surface area contributed by atoms with E-state index in [1.807, 2.05) is 32.0 Å². The van der Waals surface area contributed by atoms with Crippen LogP contribution in [0.1, 0.15) is 55.8 Å². The second-order valence-electron chi connectivity index (χ2n) is 7.82. The van der Waals surface area contributed by atoms with Crippen LogP contribution in [0.2, 0.25) is 0 Å². The van der Waals surface area contributed by atoms with Gasteiger partial charge in [-0.2, -0.15) is 0 Å². The molecule has 152 valence electrons. The van der Waals surface area contributed by atoms with Crippen LogP contribution in [0.5, 0.6) is 0 Å². The number of nitrogens with zero attached hydrogens (tertiary/aromatic N) is 1. The molecule has 2 N–H and O–H groups in total. The van der Waals surface area contributed by atoms with Crippen molar-refractivity contribution in [3.63, 3.8) is 0 Å². The van der Waals surface area contributed by atoms with E-state index in [2.05, 4.69) is 22.5 Å². The van der Waals surface area contributed by atoms with Crippen LogP contribution in [0.4, 0.5) is 4.79 Å². The van der Waals surface area contributed by atoms with Gasteiger partial charge in [-0.3, -0.25) is 4.90 Å². The van der Waals surface area contributed by atoms with E-state index >= 15 is 0 Å². The largest absolute Gasteiger partial charge is 0.463 e. The Labute approximate surface area is 167 Å². The lowest BCUT2D eigenvalue weighted by Crippen LogP contribution is -2.50. The number of likely N-dealkylation sites (tertiary alicyclic amines) is 1. The van der Waals surface area contributed by atoms with Crippen molar-refractivity contribution in [3.8, 4) is 0 Å². The van der Waals surface area contributed by atoms with Crippen molar-refractivity contribution in [2.45, 2.75) is 59.0 Å². The zero-order chi connectivity index (χ0) is 20.3. The summed E-state index contributed by atoms with van der Waals surface area (Å²) in [7, 11) is 0. The molecule has 2 atom stereocenters. The van der Waals surface area contributed by atoms with E-state index in [4.69, 9.17) is 4.74 Å². The summed E-state index contributed by atoms with van der Waals surface area (Å²) in [6, 6.07) is 5.73. The van der Waals surface area contributed by atoms with E-state index < -0.39 is 6.04 Å². The normalized spacial score (nSPS) is 23.2. The minimum atomic E-state index is -0.511. The number of hydrogen-bond donors (Lipinski definition) is 2. The van der Waals surface area contributed by atoms with Crippen molar-refractivity contribution in [3.05, 3.63) is 46.2 Å². The molecule has 1 aromatic rings. The molecule has 28 heavy (non-hydrogen) atoms. The number of rotatable bonds is 5. The number of amides is 2. The molecule has 0 unspecified atom stereocenters. The fraction of sp³-hybridized carbons (Fsp3) is 0.545. The van der Waals surface area contributed by atoms with Crippen molar-refractivity contribution in [1.82, 2.24) is 15.5 Å². The summed E-state index contributed by atoms with van der Waals surface area (Å²) in [5.74, 6) is -0.374.